The highest BCUT2D eigenvalue weighted by Gasteiger charge is 2.26. The second kappa shape index (κ2) is 8.14. The minimum atomic E-state index is -3.54. The highest BCUT2D eigenvalue weighted by Crippen LogP contribution is 2.40. The minimum Gasteiger partial charge on any atom is -0.493 e. The van der Waals surface area contributed by atoms with Crippen molar-refractivity contribution in [3.05, 3.63) is 58.3 Å². The van der Waals surface area contributed by atoms with E-state index in [1.807, 2.05) is 0 Å². The van der Waals surface area contributed by atoms with Crippen molar-refractivity contribution in [3.63, 3.8) is 0 Å². The molecule has 0 spiro atoms. The van der Waals surface area contributed by atoms with E-state index in [9.17, 15) is 18.4 Å². The molecule has 4 aromatic rings. The van der Waals surface area contributed by atoms with E-state index in [4.69, 9.17) is 32.4 Å². The summed E-state index contributed by atoms with van der Waals surface area (Å²) in [4.78, 5) is 17.1. The Balaban J connectivity index is 1.95. The molecule has 0 bridgehead atoms. The normalized spacial score (nSPS) is 11.7. The van der Waals surface area contributed by atoms with Gasteiger partial charge in [-0.2, -0.15) is 5.06 Å². The summed E-state index contributed by atoms with van der Waals surface area (Å²) in [6, 6.07) is 7.56. The van der Waals surface area contributed by atoms with Gasteiger partial charge in [0.05, 0.1) is 29.0 Å². The largest absolute Gasteiger partial charge is 0.493 e. The molecular formula is C20H15Cl2N3O6S. The molecule has 0 aliphatic rings. The SMILES string of the molecule is COc1ccc(C(=O)N(O)c2c(Cl)cncc2Cl)c2c1oc1ccc(NS(C)(=O)=O)cc12. The highest BCUT2D eigenvalue weighted by atomic mass is 35.5. The van der Waals surface area contributed by atoms with Gasteiger partial charge >= 0.3 is 0 Å². The van der Waals surface area contributed by atoms with Crippen LogP contribution in [0.2, 0.25) is 10.0 Å². The first-order chi connectivity index (χ1) is 15.1. The van der Waals surface area contributed by atoms with E-state index >= 15 is 0 Å². The first kappa shape index (κ1) is 22.2. The Morgan fingerprint density at radius 3 is 2.50 bits per heavy atom. The van der Waals surface area contributed by atoms with Gasteiger partial charge in [-0.25, -0.2) is 8.42 Å². The highest BCUT2D eigenvalue weighted by molar-refractivity contribution is 7.92. The number of benzene rings is 2. The van der Waals surface area contributed by atoms with Crippen LogP contribution in [0.15, 0.2) is 47.1 Å². The van der Waals surface area contributed by atoms with Crippen molar-refractivity contribution in [2.45, 2.75) is 0 Å². The maximum atomic E-state index is 13.3. The van der Waals surface area contributed by atoms with Crippen molar-refractivity contribution in [3.8, 4) is 5.75 Å². The number of rotatable bonds is 5. The molecule has 0 aliphatic heterocycles. The summed E-state index contributed by atoms with van der Waals surface area (Å²) in [7, 11) is -2.10. The molecule has 166 valence electrons. The molecule has 2 aromatic carbocycles. The molecule has 0 saturated heterocycles. The van der Waals surface area contributed by atoms with Gasteiger partial charge in [-0.1, -0.05) is 23.2 Å². The first-order valence-electron chi connectivity index (χ1n) is 8.94. The van der Waals surface area contributed by atoms with Gasteiger partial charge in [0.15, 0.2) is 11.3 Å². The van der Waals surface area contributed by atoms with Gasteiger partial charge in [0.1, 0.15) is 11.3 Å². The number of carbonyl (C=O) groups is 1. The fraction of sp³-hybridized carbons (Fsp3) is 0.100. The minimum absolute atomic E-state index is 0.0326. The zero-order valence-electron chi connectivity index (χ0n) is 16.6. The molecule has 0 saturated carbocycles. The number of hydrogen-bond acceptors (Lipinski definition) is 7. The Morgan fingerprint density at radius 1 is 1.19 bits per heavy atom. The molecule has 2 heterocycles. The van der Waals surface area contributed by atoms with E-state index < -0.39 is 15.9 Å². The lowest BCUT2D eigenvalue weighted by molar-refractivity contribution is 0.0856. The Labute approximate surface area is 192 Å². The number of sulfonamides is 1. The van der Waals surface area contributed by atoms with Crippen molar-refractivity contribution in [1.29, 1.82) is 0 Å². The maximum Gasteiger partial charge on any atom is 0.282 e. The van der Waals surface area contributed by atoms with Crippen molar-refractivity contribution >= 4 is 72.4 Å². The summed E-state index contributed by atoms with van der Waals surface area (Å²) in [5.74, 6) is -0.508. The lowest BCUT2D eigenvalue weighted by Crippen LogP contribution is -2.27. The van der Waals surface area contributed by atoms with E-state index in [1.54, 1.807) is 6.07 Å². The molecule has 32 heavy (non-hydrogen) atoms. The molecule has 12 heteroatoms. The number of hydroxylamine groups is 1. The van der Waals surface area contributed by atoms with Crippen LogP contribution >= 0.6 is 23.2 Å². The maximum absolute atomic E-state index is 13.3. The average Bonchev–Trinajstić information content (AvgIpc) is 3.10. The summed E-state index contributed by atoms with van der Waals surface area (Å²) in [5.41, 5.74) is 0.796. The van der Waals surface area contributed by atoms with Gasteiger partial charge < -0.3 is 9.15 Å². The first-order valence-corrected chi connectivity index (χ1v) is 11.6. The molecule has 0 aliphatic carbocycles. The van der Waals surface area contributed by atoms with Gasteiger partial charge in [-0.15, -0.1) is 0 Å². The number of carbonyl (C=O) groups excluding carboxylic acids is 1. The molecule has 0 atom stereocenters. The van der Waals surface area contributed by atoms with Crippen LogP contribution in [0.3, 0.4) is 0 Å². The summed E-state index contributed by atoms with van der Waals surface area (Å²) in [6.07, 6.45) is 3.49. The molecule has 2 aromatic heterocycles. The molecule has 2 N–H and O–H groups in total. The van der Waals surface area contributed by atoms with Gasteiger partial charge in [0.25, 0.3) is 5.91 Å². The Morgan fingerprint density at radius 2 is 1.88 bits per heavy atom. The molecule has 0 unspecified atom stereocenters. The monoisotopic (exact) mass is 495 g/mol. The zero-order chi connectivity index (χ0) is 23.2. The zero-order valence-corrected chi connectivity index (χ0v) is 18.9. The standard InChI is InChI=1S/C20H15Cl2N3O6S/c1-30-16-6-4-11(20(26)25(27)18-13(21)8-23-9-14(18)22)17-12-7-10(24-32(2,28)29)3-5-15(12)31-19(16)17/h3-9,24,27H,1-2H3. The number of furan rings is 1. The van der Waals surface area contributed by atoms with Crippen molar-refractivity contribution in [2.24, 2.45) is 0 Å². The number of methoxy groups -OCH3 is 1. The molecule has 9 nitrogen and oxygen atoms in total. The quantitative estimate of drug-likeness (QED) is 0.303. The topological polar surface area (TPSA) is 122 Å². The van der Waals surface area contributed by atoms with Crippen LogP contribution in [0, 0.1) is 0 Å². The van der Waals surface area contributed by atoms with Gasteiger partial charge in [-0.3, -0.25) is 19.7 Å². The number of ether oxygens (including phenoxy) is 1. The number of anilines is 2. The van der Waals surface area contributed by atoms with Crippen molar-refractivity contribution in [1.82, 2.24) is 4.98 Å². The number of nitrogens with one attached hydrogen (secondary N) is 1. The number of amides is 1. The van der Waals surface area contributed by atoms with E-state index in [0.717, 1.165) is 6.26 Å². The van der Waals surface area contributed by atoms with Crippen molar-refractivity contribution < 1.29 is 27.6 Å². The molecular weight excluding hydrogens is 481 g/mol. The molecule has 0 fully saturated rings. The Bertz CT molecular complexity index is 1470. The third-order valence-electron chi connectivity index (χ3n) is 4.57. The number of pyridine rings is 1. The fourth-order valence-electron chi connectivity index (χ4n) is 3.30. The van der Waals surface area contributed by atoms with Crippen molar-refractivity contribution in [2.75, 3.05) is 23.2 Å². The summed E-state index contributed by atoms with van der Waals surface area (Å²) in [6.45, 7) is 0. The van der Waals surface area contributed by atoms with Crippen LogP contribution < -0.4 is 14.5 Å². The Hall–Kier alpha value is -3.05. The van der Waals surface area contributed by atoms with E-state index in [0.29, 0.717) is 27.2 Å². The van der Waals surface area contributed by atoms with Gasteiger partial charge in [0.2, 0.25) is 10.0 Å². The predicted molar refractivity (Wildman–Crippen MR) is 122 cm³/mol. The van der Waals surface area contributed by atoms with E-state index in [2.05, 4.69) is 9.71 Å². The fourth-order valence-corrected chi connectivity index (χ4v) is 4.38. The smallest absolute Gasteiger partial charge is 0.282 e. The van der Waals surface area contributed by atoms with Crippen LogP contribution in [-0.2, 0) is 10.0 Å². The third kappa shape index (κ3) is 3.93. The number of halogens is 2. The Kier molecular flexibility index (Phi) is 5.63. The summed E-state index contributed by atoms with van der Waals surface area (Å²) >= 11 is 12.1. The number of hydrogen-bond donors (Lipinski definition) is 2. The lowest BCUT2D eigenvalue weighted by atomic mass is 10.0. The third-order valence-corrected chi connectivity index (χ3v) is 5.73. The average molecular weight is 496 g/mol. The van der Waals surface area contributed by atoms with Gasteiger partial charge in [-0.05, 0) is 30.3 Å². The lowest BCUT2D eigenvalue weighted by Gasteiger charge is -2.18. The number of fused-ring (bicyclic) bond motifs is 3. The number of nitrogens with zero attached hydrogens (tertiary/aromatic N) is 2. The van der Waals surface area contributed by atoms with Gasteiger partial charge in [0, 0.05) is 28.9 Å². The molecule has 1 amide bonds. The summed E-state index contributed by atoms with van der Waals surface area (Å²) in [5, 5.41) is 11.6. The van der Waals surface area contributed by atoms with E-state index in [-0.39, 0.29) is 32.6 Å². The van der Waals surface area contributed by atoms with Crippen LogP contribution in [0.1, 0.15) is 10.4 Å². The second-order valence-electron chi connectivity index (χ2n) is 6.78. The number of aromatic nitrogens is 1. The van der Waals surface area contributed by atoms with Crippen LogP contribution in [0.4, 0.5) is 11.4 Å². The van der Waals surface area contributed by atoms with Crippen LogP contribution in [0.25, 0.3) is 21.9 Å². The second-order valence-corrected chi connectivity index (χ2v) is 9.34. The molecule has 4 rings (SSSR count). The molecule has 0 radical (unpaired) electrons. The predicted octanol–water partition coefficient (Wildman–Crippen LogP) is 4.70. The summed E-state index contributed by atoms with van der Waals surface area (Å²) < 4.78 is 36.9. The van der Waals surface area contributed by atoms with Crippen LogP contribution in [0.5, 0.6) is 5.75 Å². The van der Waals surface area contributed by atoms with E-state index in [1.165, 1.54) is 43.8 Å². The van der Waals surface area contributed by atoms with Crippen LogP contribution in [-0.4, -0.2) is 37.9 Å².